The molecule has 0 aliphatic heterocycles. The molecule has 1 atom stereocenters. The van der Waals surface area contributed by atoms with Crippen molar-refractivity contribution in [3.63, 3.8) is 0 Å². The third-order valence-corrected chi connectivity index (χ3v) is 1.99. The summed E-state index contributed by atoms with van der Waals surface area (Å²) >= 11 is 0. The standard InChI is InChI=1S/C10H14N2O/c1-7(2)9(11)10(13)8-3-5-12-6-4-8/h3-7,9H,11H2,1-2H3. The number of aromatic nitrogens is 1. The van der Waals surface area contributed by atoms with E-state index in [1.54, 1.807) is 24.5 Å². The first-order chi connectivity index (χ1) is 6.13. The highest BCUT2D eigenvalue weighted by Gasteiger charge is 2.18. The molecular formula is C10H14N2O. The van der Waals surface area contributed by atoms with Gasteiger partial charge in [0.25, 0.3) is 0 Å². The van der Waals surface area contributed by atoms with Gasteiger partial charge in [0, 0.05) is 18.0 Å². The molecule has 0 aromatic carbocycles. The molecule has 1 rings (SSSR count). The number of nitrogens with zero attached hydrogens (tertiary/aromatic N) is 1. The summed E-state index contributed by atoms with van der Waals surface area (Å²) in [7, 11) is 0. The summed E-state index contributed by atoms with van der Waals surface area (Å²) in [6, 6.07) is 2.96. The summed E-state index contributed by atoms with van der Waals surface area (Å²) in [4.78, 5) is 15.5. The molecule has 0 radical (unpaired) electrons. The molecule has 0 saturated heterocycles. The number of pyridine rings is 1. The molecule has 0 bridgehead atoms. The first-order valence-electron chi connectivity index (χ1n) is 4.32. The number of Topliss-reactive ketones (excluding diaryl/α,β-unsaturated/α-hetero) is 1. The van der Waals surface area contributed by atoms with E-state index in [2.05, 4.69) is 4.98 Å². The second kappa shape index (κ2) is 4.14. The zero-order chi connectivity index (χ0) is 9.84. The zero-order valence-corrected chi connectivity index (χ0v) is 7.90. The highest BCUT2D eigenvalue weighted by molar-refractivity contribution is 5.99. The summed E-state index contributed by atoms with van der Waals surface area (Å²) in [5.41, 5.74) is 6.36. The van der Waals surface area contributed by atoms with Crippen LogP contribution in [0.5, 0.6) is 0 Å². The van der Waals surface area contributed by atoms with E-state index in [1.807, 2.05) is 13.8 Å². The van der Waals surface area contributed by atoms with Crippen LogP contribution in [0.15, 0.2) is 24.5 Å². The van der Waals surface area contributed by atoms with E-state index in [1.165, 1.54) is 0 Å². The second-order valence-corrected chi connectivity index (χ2v) is 3.37. The van der Waals surface area contributed by atoms with Gasteiger partial charge in [-0.1, -0.05) is 13.8 Å². The first kappa shape index (κ1) is 9.86. The topological polar surface area (TPSA) is 56.0 Å². The lowest BCUT2D eigenvalue weighted by Crippen LogP contribution is -2.35. The van der Waals surface area contributed by atoms with Crippen LogP contribution in [0.2, 0.25) is 0 Å². The lowest BCUT2D eigenvalue weighted by atomic mass is 9.97. The minimum atomic E-state index is -0.414. The minimum absolute atomic E-state index is 0.0163. The average Bonchev–Trinajstić information content (AvgIpc) is 2.17. The molecule has 1 aromatic heterocycles. The number of carbonyl (C=O) groups is 1. The third-order valence-electron chi connectivity index (χ3n) is 1.99. The van der Waals surface area contributed by atoms with Gasteiger partial charge in [-0.2, -0.15) is 0 Å². The molecule has 3 heteroatoms. The maximum absolute atomic E-state index is 11.6. The van der Waals surface area contributed by atoms with Gasteiger partial charge >= 0.3 is 0 Å². The predicted molar refractivity (Wildman–Crippen MR) is 51.4 cm³/mol. The maximum atomic E-state index is 11.6. The Morgan fingerprint density at radius 3 is 2.38 bits per heavy atom. The van der Waals surface area contributed by atoms with E-state index in [-0.39, 0.29) is 11.7 Å². The van der Waals surface area contributed by atoms with Crippen LogP contribution in [0.25, 0.3) is 0 Å². The molecule has 0 aliphatic rings. The van der Waals surface area contributed by atoms with Crippen LogP contribution in [0, 0.1) is 5.92 Å². The van der Waals surface area contributed by atoms with Crippen molar-refractivity contribution in [2.75, 3.05) is 0 Å². The molecule has 0 saturated carbocycles. The van der Waals surface area contributed by atoms with E-state index in [0.29, 0.717) is 5.56 Å². The normalized spacial score (nSPS) is 12.9. The monoisotopic (exact) mass is 178 g/mol. The number of carbonyl (C=O) groups excluding carboxylic acids is 1. The van der Waals surface area contributed by atoms with Gasteiger partial charge in [-0.25, -0.2) is 0 Å². The molecule has 0 amide bonds. The Morgan fingerprint density at radius 2 is 1.92 bits per heavy atom. The van der Waals surface area contributed by atoms with Gasteiger partial charge in [-0.05, 0) is 18.1 Å². The minimum Gasteiger partial charge on any atom is -0.321 e. The molecule has 70 valence electrons. The van der Waals surface area contributed by atoms with Crippen LogP contribution in [-0.2, 0) is 0 Å². The Balaban J connectivity index is 2.80. The lowest BCUT2D eigenvalue weighted by Gasteiger charge is -2.13. The third kappa shape index (κ3) is 2.36. The van der Waals surface area contributed by atoms with Crippen LogP contribution >= 0.6 is 0 Å². The van der Waals surface area contributed by atoms with Crippen molar-refractivity contribution in [1.29, 1.82) is 0 Å². The summed E-state index contributed by atoms with van der Waals surface area (Å²) < 4.78 is 0. The van der Waals surface area contributed by atoms with Crippen molar-refractivity contribution < 1.29 is 4.79 Å². The molecule has 1 heterocycles. The van der Waals surface area contributed by atoms with Gasteiger partial charge in [-0.3, -0.25) is 9.78 Å². The fraction of sp³-hybridized carbons (Fsp3) is 0.400. The molecule has 1 aromatic rings. The Kier molecular flexibility index (Phi) is 3.14. The molecule has 0 spiro atoms. The van der Waals surface area contributed by atoms with Gasteiger partial charge in [0.05, 0.1) is 6.04 Å². The summed E-state index contributed by atoms with van der Waals surface area (Å²) in [6.45, 7) is 3.87. The Hall–Kier alpha value is -1.22. The fourth-order valence-electron chi connectivity index (χ4n) is 1.01. The van der Waals surface area contributed by atoms with E-state index in [4.69, 9.17) is 5.73 Å². The molecule has 3 nitrogen and oxygen atoms in total. The second-order valence-electron chi connectivity index (χ2n) is 3.37. The number of rotatable bonds is 3. The SMILES string of the molecule is CC(C)C(N)C(=O)c1ccncc1. The molecular weight excluding hydrogens is 164 g/mol. The molecule has 2 N–H and O–H groups in total. The Morgan fingerprint density at radius 1 is 1.38 bits per heavy atom. The van der Waals surface area contributed by atoms with Gasteiger partial charge in [-0.15, -0.1) is 0 Å². The van der Waals surface area contributed by atoms with Crippen LogP contribution < -0.4 is 5.73 Å². The van der Waals surface area contributed by atoms with Crippen LogP contribution in [-0.4, -0.2) is 16.8 Å². The number of hydrogen-bond donors (Lipinski definition) is 1. The zero-order valence-electron chi connectivity index (χ0n) is 7.90. The number of ketones is 1. The van der Waals surface area contributed by atoms with Gasteiger partial charge < -0.3 is 5.73 Å². The Labute approximate surface area is 78.0 Å². The number of nitrogens with two attached hydrogens (primary N) is 1. The van der Waals surface area contributed by atoms with E-state index in [9.17, 15) is 4.79 Å². The van der Waals surface area contributed by atoms with Crippen molar-refractivity contribution in [3.05, 3.63) is 30.1 Å². The highest BCUT2D eigenvalue weighted by atomic mass is 16.1. The summed E-state index contributed by atoms with van der Waals surface area (Å²) in [5, 5.41) is 0. The number of hydrogen-bond acceptors (Lipinski definition) is 3. The predicted octanol–water partition coefficient (Wildman–Crippen LogP) is 1.25. The van der Waals surface area contributed by atoms with Crippen molar-refractivity contribution in [2.24, 2.45) is 11.7 Å². The average molecular weight is 178 g/mol. The first-order valence-corrected chi connectivity index (χ1v) is 4.32. The van der Waals surface area contributed by atoms with E-state index >= 15 is 0 Å². The maximum Gasteiger partial charge on any atom is 0.179 e. The van der Waals surface area contributed by atoms with Gasteiger partial charge in [0.2, 0.25) is 0 Å². The van der Waals surface area contributed by atoms with Gasteiger partial charge in [0.15, 0.2) is 5.78 Å². The van der Waals surface area contributed by atoms with Crippen LogP contribution in [0.3, 0.4) is 0 Å². The molecule has 13 heavy (non-hydrogen) atoms. The quantitative estimate of drug-likeness (QED) is 0.708. The van der Waals surface area contributed by atoms with Crippen molar-refractivity contribution >= 4 is 5.78 Å². The van der Waals surface area contributed by atoms with Crippen LogP contribution in [0.4, 0.5) is 0 Å². The van der Waals surface area contributed by atoms with Crippen LogP contribution in [0.1, 0.15) is 24.2 Å². The van der Waals surface area contributed by atoms with E-state index in [0.717, 1.165) is 0 Å². The Bertz CT molecular complexity index is 282. The summed E-state index contributed by atoms with van der Waals surface area (Å²) in [6.07, 6.45) is 3.20. The summed E-state index contributed by atoms with van der Waals surface area (Å²) in [5.74, 6) is 0.151. The molecule has 0 aliphatic carbocycles. The molecule has 0 fully saturated rings. The highest BCUT2D eigenvalue weighted by Crippen LogP contribution is 2.07. The van der Waals surface area contributed by atoms with Gasteiger partial charge in [0.1, 0.15) is 0 Å². The van der Waals surface area contributed by atoms with Crippen molar-refractivity contribution in [1.82, 2.24) is 4.98 Å². The smallest absolute Gasteiger partial charge is 0.179 e. The van der Waals surface area contributed by atoms with E-state index < -0.39 is 6.04 Å². The molecule has 1 unspecified atom stereocenters. The fourth-order valence-corrected chi connectivity index (χ4v) is 1.01. The lowest BCUT2D eigenvalue weighted by molar-refractivity contribution is 0.0940. The van der Waals surface area contributed by atoms with Crippen molar-refractivity contribution in [2.45, 2.75) is 19.9 Å². The van der Waals surface area contributed by atoms with Crippen molar-refractivity contribution in [3.8, 4) is 0 Å². The largest absolute Gasteiger partial charge is 0.321 e.